The third-order valence-electron chi connectivity index (χ3n) is 0. The van der Waals surface area contributed by atoms with E-state index in [1.54, 1.807) is 0 Å². The number of rotatable bonds is 0. The molecule has 0 bridgehead atoms. The Balaban J connectivity index is -0.0000000491. The minimum atomic E-state index is 0. The molecule has 0 aliphatic rings. The maximum atomic E-state index is 8.19. The fraction of sp³-hybridized carbons (Fsp3) is 0.800. The van der Waals surface area contributed by atoms with Crippen LogP contribution in [-0.4, -0.2) is 0 Å². The summed E-state index contributed by atoms with van der Waals surface area (Å²) in [6.07, 6.45) is 0. The van der Waals surface area contributed by atoms with Crippen LogP contribution in [0.15, 0.2) is 0 Å². The average molecular weight is 246 g/mol. The van der Waals surface area contributed by atoms with Crippen LogP contribution in [0.25, 0.3) is 0 Å². The van der Waals surface area contributed by atoms with Crippen LogP contribution < -0.4 is 0 Å². The Morgan fingerprint density at radius 3 is 0.769 bits per heavy atom. The van der Waals surface area contributed by atoms with Gasteiger partial charge >= 0.3 is 21.0 Å². The molecule has 0 saturated heterocycles. The van der Waals surface area contributed by atoms with Gasteiger partial charge in [0.15, 0.2) is 0 Å². The fourth-order valence-electron chi connectivity index (χ4n) is 0. The molecule has 1 nitrogen and oxygen atoms in total. The first-order valence-electron chi connectivity index (χ1n) is 3.89. The molecule has 3 heteroatoms. The van der Waals surface area contributed by atoms with Gasteiger partial charge in [0.1, 0.15) is 0 Å². The Morgan fingerprint density at radius 1 is 0.769 bits per heavy atom. The second-order valence-electron chi connectivity index (χ2n) is 5.12. The molecule has 0 saturated carbocycles. The fourth-order valence-corrected chi connectivity index (χ4v) is 0. The van der Waals surface area contributed by atoms with E-state index in [9.17, 15) is 0 Å². The molecule has 0 aromatic carbocycles. The van der Waals surface area contributed by atoms with Gasteiger partial charge in [0.25, 0.3) is 0 Å². The zero-order valence-corrected chi connectivity index (χ0v) is 11.9. The van der Waals surface area contributed by atoms with Crippen molar-refractivity contribution in [1.82, 2.24) is 0 Å². The topological polar surface area (TPSA) is 17.1 Å². The van der Waals surface area contributed by atoms with Gasteiger partial charge in [-0.15, -0.1) is 12.4 Å². The summed E-state index contributed by atoms with van der Waals surface area (Å²) in [6, 6.07) is 0. The Labute approximate surface area is 99.7 Å². The third kappa shape index (κ3) is 3180. The molecular weight excluding hydrogens is 223 g/mol. The van der Waals surface area contributed by atoms with Crippen LogP contribution in [0.4, 0.5) is 0 Å². The maximum absolute atomic E-state index is 8.19. The van der Waals surface area contributed by atoms with Crippen molar-refractivity contribution in [3.8, 4) is 0 Å². The zero-order chi connectivity index (χ0) is 11.0. The van der Waals surface area contributed by atoms with Crippen LogP contribution in [0.3, 0.4) is 0 Å². The van der Waals surface area contributed by atoms with Crippen molar-refractivity contribution in [2.24, 2.45) is 10.8 Å². The quantitative estimate of drug-likeness (QED) is 0.589. The molecule has 0 spiro atoms. The van der Waals surface area contributed by atoms with Gasteiger partial charge in [-0.3, -0.25) is 0 Å². The van der Waals surface area contributed by atoms with E-state index in [0.717, 1.165) is 17.4 Å². The minimum absolute atomic E-state index is 0. The van der Waals surface area contributed by atoms with Gasteiger partial charge in [-0.2, -0.15) is 10.8 Å². The summed E-state index contributed by atoms with van der Waals surface area (Å²) in [6.45, 7) is 20.0. The molecule has 0 aliphatic heterocycles. The van der Waals surface area contributed by atoms with Gasteiger partial charge in [0.05, 0.1) is 0 Å². The van der Waals surface area contributed by atoms with Gasteiger partial charge in [0, 0.05) is 0 Å². The molecule has 13 heavy (non-hydrogen) atoms. The number of halogens is 1. The van der Waals surface area contributed by atoms with Gasteiger partial charge in [-0.25, -0.2) is 0 Å². The standard InChI is InChI=1S/2C5H11.ClH.O.V/c2*1-5(2,3)4;;;/h2*1H2,2-4H3;1H;;/q2*-1;;;+2. The second kappa shape index (κ2) is 10.8. The summed E-state index contributed by atoms with van der Waals surface area (Å²) in [5.41, 5.74) is 0.500. The molecule has 0 fully saturated rings. The summed E-state index contributed by atoms with van der Waals surface area (Å²) in [4.78, 5) is 0. The summed E-state index contributed by atoms with van der Waals surface area (Å²) in [7, 11) is 0. The molecule has 0 unspecified atom stereocenters. The van der Waals surface area contributed by atoms with E-state index in [0.29, 0.717) is 0 Å². The van der Waals surface area contributed by atoms with E-state index in [4.69, 9.17) is 3.67 Å². The van der Waals surface area contributed by atoms with Crippen molar-refractivity contribution in [2.45, 2.75) is 41.5 Å². The summed E-state index contributed by atoms with van der Waals surface area (Å²) >= 11 is 1.06. The Morgan fingerprint density at radius 2 is 0.769 bits per heavy atom. The molecule has 0 aliphatic carbocycles. The van der Waals surface area contributed by atoms with Gasteiger partial charge in [0.2, 0.25) is 0 Å². The first kappa shape index (κ1) is 23.5. The predicted molar refractivity (Wildman–Crippen MR) is 57.6 cm³/mol. The summed E-state index contributed by atoms with van der Waals surface area (Å²) < 4.78 is 8.19. The normalized spacial score (nSPS) is 9.69. The molecule has 0 N–H and O–H groups in total. The van der Waals surface area contributed by atoms with Gasteiger partial charge in [-0.1, -0.05) is 41.5 Å². The molecule has 0 rings (SSSR count). The van der Waals surface area contributed by atoms with Crippen LogP contribution in [-0.2, 0) is 21.0 Å². The number of hydrogen-bond acceptors (Lipinski definition) is 1. The first-order chi connectivity index (χ1) is 5.00. The summed E-state index contributed by atoms with van der Waals surface area (Å²) in [5.74, 6) is 0. The van der Waals surface area contributed by atoms with Crippen molar-refractivity contribution in [3.05, 3.63) is 13.8 Å². The van der Waals surface area contributed by atoms with E-state index in [1.165, 1.54) is 0 Å². The molecule has 81 valence electrons. The van der Waals surface area contributed by atoms with E-state index < -0.39 is 0 Å². The average Bonchev–Trinajstić information content (AvgIpc) is 1.59. The van der Waals surface area contributed by atoms with Crippen molar-refractivity contribution < 1.29 is 21.0 Å². The molecule has 0 atom stereocenters. The SMILES string of the molecule is Cl.[CH2-]C(C)(C)C.[CH2-]C(C)(C)C.[O]=[V+2]. The van der Waals surface area contributed by atoms with Crippen LogP contribution in [0, 0.1) is 24.7 Å². The number of hydrogen-bond donors (Lipinski definition) is 0. The van der Waals surface area contributed by atoms with E-state index in [-0.39, 0.29) is 23.2 Å². The monoisotopic (exact) mass is 245 g/mol. The van der Waals surface area contributed by atoms with Crippen LogP contribution in [0.5, 0.6) is 0 Å². The van der Waals surface area contributed by atoms with Crippen LogP contribution in [0.2, 0.25) is 0 Å². The second-order valence-corrected chi connectivity index (χ2v) is 5.12. The van der Waals surface area contributed by atoms with E-state index in [1.807, 2.05) is 0 Å². The van der Waals surface area contributed by atoms with Crippen LogP contribution >= 0.6 is 12.4 Å². The molecular formula is C10H23ClOV. The summed E-state index contributed by atoms with van der Waals surface area (Å²) in [5, 5.41) is 0. The Bertz CT molecular complexity index is 68.1. The van der Waals surface area contributed by atoms with Crippen molar-refractivity contribution in [3.63, 3.8) is 0 Å². The Hall–Kier alpha value is 0.674. The van der Waals surface area contributed by atoms with Gasteiger partial charge in [-0.05, 0) is 0 Å². The molecule has 0 heterocycles. The van der Waals surface area contributed by atoms with Gasteiger partial charge < -0.3 is 13.8 Å². The van der Waals surface area contributed by atoms with Crippen molar-refractivity contribution in [2.75, 3.05) is 0 Å². The predicted octanol–water partition coefficient (Wildman–Crippen LogP) is 4.03. The zero-order valence-electron chi connectivity index (χ0n) is 9.68. The van der Waals surface area contributed by atoms with Crippen molar-refractivity contribution in [1.29, 1.82) is 0 Å². The van der Waals surface area contributed by atoms with E-state index in [2.05, 4.69) is 55.4 Å². The van der Waals surface area contributed by atoms with Crippen molar-refractivity contribution >= 4 is 12.4 Å². The third-order valence-corrected chi connectivity index (χ3v) is 0. The van der Waals surface area contributed by atoms with E-state index >= 15 is 0 Å². The molecule has 0 aromatic heterocycles. The molecule has 0 radical (unpaired) electrons. The molecule has 0 aromatic rings. The van der Waals surface area contributed by atoms with Crippen LogP contribution in [0.1, 0.15) is 41.5 Å². The Kier molecular flexibility index (Phi) is 19.4. The first-order valence-corrected chi connectivity index (χ1v) is 4.46. The molecule has 0 amide bonds.